The molecule has 0 bridgehead atoms. The minimum atomic E-state index is -2.14. The van der Waals surface area contributed by atoms with Gasteiger partial charge in [-0.1, -0.05) is 13.8 Å². The lowest BCUT2D eigenvalue weighted by atomic mass is 9.96. The molecule has 1 aliphatic heterocycles. The van der Waals surface area contributed by atoms with Crippen molar-refractivity contribution in [2.45, 2.75) is 50.4 Å². The minimum Gasteiger partial charge on any atom is -0.480 e. The summed E-state index contributed by atoms with van der Waals surface area (Å²) in [4.78, 5) is 11.1. The summed E-state index contributed by atoms with van der Waals surface area (Å²) in [6.07, 6.45) is -4.24. The first-order valence-electron chi connectivity index (χ1n) is 6.54. The van der Waals surface area contributed by atoms with Crippen LogP contribution in [0.1, 0.15) is 20.3 Å². The number of carbonyl (C=O) groups is 1. The number of rotatable bonds is 6. The Morgan fingerprint density at radius 3 is 2.50 bits per heavy atom. The first kappa shape index (κ1) is 17.3. The molecule has 118 valence electrons. The molecule has 0 aromatic carbocycles. The fourth-order valence-corrected chi connectivity index (χ4v) is 2.06. The van der Waals surface area contributed by atoms with Crippen LogP contribution >= 0.6 is 0 Å². The highest BCUT2D eigenvalue weighted by atomic mass is 16.6. The van der Waals surface area contributed by atoms with Gasteiger partial charge in [0.05, 0.1) is 13.2 Å². The summed E-state index contributed by atoms with van der Waals surface area (Å²) in [5.41, 5.74) is 0. The van der Waals surface area contributed by atoms with E-state index in [1.165, 1.54) is 0 Å². The molecule has 0 amide bonds. The lowest BCUT2D eigenvalue weighted by Gasteiger charge is -2.42. The molecule has 0 radical (unpaired) electrons. The predicted octanol–water partition coefficient (Wildman–Crippen LogP) is -2.12. The Hall–Kier alpha value is -0.770. The standard InChI is InChI=1S/C12H23NO7/c1-6(2)3-7(11(17)18)13-5-12(19)10(16)9(15)8(14)4-20-12/h6-10,13-16,19H,3-5H2,1-2H3,(H,17,18)/t7-,8-,9-,10+,12+/m1/s1. The second kappa shape index (κ2) is 6.79. The third kappa shape index (κ3) is 4.11. The van der Waals surface area contributed by atoms with Crippen LogP contribution < -0.4 is 5.32 Å². The zero-order valence-electron chi connectivity index (χ0n) is 11.6. The molecular weight excluding hydrogens is 270 g/mol. The van der Waals surface area contributed by atoms with Crippen LogP contribution in [-0.4, -0.2) is 74.8 Å². The topological polar surface area (TPSA) is 139 Å². The van der Waals surface area contributed by atoms with Crippen molar-refractivity contribution >= 4 is 5.97 Å². The highest BCUT2D eigenvalue weighted by molar-refractivity contribution is 5.73. The molecule has 8 heteroatoms. The maximum Gasteiger partial charge on any atom is 0.320 e. The van der Waals surface area contributed by atoms with Crippen LogP contribution in [0.2, 0.25) is 0 Å². The highest BCUT2D eigenvalue weighted by Crippen LogP contribution is 2.23. The fraction of sp³-hybridized carbons (Fsp3) is 0.917. The maximum absolute atomic E-state index is 11.1. The van der Waals surface area contributed by atoms with Gasteiger partial charge >= 0.3 is 5.97 Å². The van der Waals surface area contributed by atoms with Gasteiger partial charge in [-0.3, -0.25) is 10.1 Å². The Labute approximate surface area is 117 Å². The second-order valence-electron chi connectivity index (χ2n) is 5.56. The van der Waals surface area contributed by atoms with Crippen LogP contribution in [0.3, 0.4) is 0 Å². The van der Waals surface area contributed by atoms with Crippen molar-refractivity contribution in [3.8, 4) is 0 Å². The number of carboxylic acid groups (broad SMARTS) is 1. The van der Waals surface area contributed by atoms with E-state index in [0.29, 0.717) is 6.42 Å². The summed E-state index contributed by atoms with van der Waals surface area (Å²) in [6.45, 7) is 3.00. The maximum atomic E-state index is 11.1. The van der Waals surface area contributed by atoms with Gasteiger partial charge in [0, 0.05) is 0 Å². The molecule has 0 aromatic heterocycles. The molecule has 1 fully saturated rings. The zero-order valence-corrected chi connectivity index (χ0v) is 11.6. The Balaban J connectivity index is 2.64. The van der Waals surface area contributed by atoms with Gasteiger partial charge in [-0.15, -0.1) is 0 Å². The van der Waals surface area contributed by atoms with Gasteiger partial charge in [-0.05, 0) is 12.3 Å². The molecule has 0 aliphatic carbocycles. The molecule has 8 nitrogen and oxygen atoms in total. The first-order valence-corrected chi connectivity index (χ1v) is 6.54. The number of aliphatic hydroxyl groups is 4. The van der Waals surface area contributed by atoms with Crippen molar-refractivity contribution in [3.63, 3.8) is 0 Å². The third-order valence-corrected chi connectivity index (χ3v) is 3.29. The van der Waals surface area contributed by atoms with Crippen LogP contribution in [-0.2, 0) is 9.53 Å². The van der Waals surface area contributed by atoms with Crippen LogP contribution in [0.4, 0.5) is 0 Å². The molecule has 0 aromatic rings. The van der Waals surface area contributed by atoms with Gasteiger partial charge in [0.1, 0.15) is 24.4 Å². The highest BCUT2D eigenvalue weighted by Gasteiger charge is 2.48. The monoisotopic (exact) mass is 293 g/mol. The number of carboxylic acids is 1. The number of nitrogens with one attached hydrogen (secondary N) is 1. The quantitative estimate of drug-likeness (QED) is 0.326. The van der Waals surface area contributed by atoms with Gasteiger partial charge in [0.15, 0.2) is 0 Å². The SMILES string of the molecule is CC(C)C[C@@H](NC[C@]1(O)OC[C@@H](O)[C@@H](O)[C@@H]1O)C(=O)O. The van der Waals surface area contributed by atoms with E-state index in [0.717, 1.165) is 0 Å². The van der Waals surface area contributed by atoms with Crippen molar-refractivity contribution in [3.05, 3.63) is 0 Å². The molecular formula is C12H23NO7. The van der Waals surface area contributed by atoms with Gasteiger partial charge in [0.25, 0.3) is 0 Å². The van der Waals surface area contributed by atoms with Crippen LogP contribution in [0, 0.1) is 5.92 Å². The summed E-state index contributed by atoms with van der Waals surface area (Å²) in [5.74, 6) is -3.08. The molecule has 20 heavy (non-hydrogen) atoms. The van der Waals surface area contributed by atoms with Gasteiger partial charge in [-0.25, -0.2) is 0 Å². The van der Waals surface area contributed by atoms with Crippen molar-refractivity contribution in [2.75, 3.05) is 13.2 Å². The number of aliphatic carboxylic acids is 1. The predicted molar refractivity (Wildman–Crippen MR) is 67.8 cm³/mol. The number of hydrogen-bond donors (Lipinski definition) is 6. The summed E-state index contributed by atoms with van der Waals surface area (Å²) in [6, 6.07) is -0.904. The third-order valence-electron chi connectivity index (χ3n) is 3.29. The van der Waals surface area contributed by atoms with Crippen molar-refractivity contribution in [2.24, 2.45) is 5.92 Å². The Bertz CT molecular complexity index is 338. The van der Waals surface area contributed by atoms with E-state index in [-0.39, 0.29) is 19.1 Å². The number of ether oxygens (including phenoxy) is 1. The van der Waals surface area contributed by atoms with Crippen LogP contribution in [0.5, 0.6) is 0 Å². The largest absolute Gasteiger partial charge is 0.480 e. The summed E-state index contributed by atoms with van der Waals surface area (Å²) in [5, 5.41) is 50.3. The second-order valence-corrected chi connectivity index (χ2v) is 5.56. The van der Waals surface area contributed by atoms with E-state index in [2.05, 4.69) is 5.32 Å². The van der Waals surface area contributed by atoms with E-state index >= 15 is 0 Å². The van der Waals surface area contributed by atoms with Crippen LogP contribution in [0.25, 0.3) is 0 Å². The van der Waals surface area contributed by atoms with Crippen LogP contribution in [0.15, 0.2) is 0 Å². The molecule has 0 spiro atoms. The fourth-order valence-electron chi connectivity index (χ4n) is 2.06. The van der Waals surface area contributed by atoms with Crippen molar-refractivity contribution in [1.29, 1.82) is 0 Å². The number of aliphatic hydroxyl groups excluding tert-OH is 3. The summed E-state index contributed by atoms with van der Waals surface area (Å²) in [7, 11) is 0. The lowest BCUT2D eigenvalue weighted by Crippen LogP contribution is -2.65. The molecule has 1 saturated heterocycles. The molecule has 1 aliphatic rings. The molecule has 1 rings (SSSR count). The lowest BCUT2D eigenvalue weighted by molar-refractivity contribution is -0.318. The summed E-state index contributed by atoms with van der Waals surface area (Å²) >= 11 is 0. The molecule has 5 atom stereocenters. The summed E-state index contributed by atoms with van der Waals surface area (Å²) < 4.78 is 4.94. The Kier molecular flexibility index (Phi) is 5.87. The average Bonchev–Trinajstić information content (AvgIpc) is 2.36. The van der Waals surface area contributed by atoms with E-state index in [9.17, 15) is 25.2 Å². The van der Waals surface area contributed by atoms with Gasteiger partial charge in [-0.2, -0.15) is 0 Å². The molecule has 0 saturated carbocycles. The smallest absolute Gasteiger partial charge is 0.320 e. The Morgan fingerprint density at radius 1 is 1.40 bits per heavy atom. The zero-order chi connectivity index (χ0) is 15.5. The van der Waals surface area contributed by atoms with Gasteiger partial charge < -0.3 is 30.3 Å². The minimum absolute atomic E-state index is 0.128. The molecule has 6 N–H and O–H groups in total. The van der Waals surface area contributed by atoms with E-state index < -0.39 is 36.1 Å². The van der Waals surface area contributed by atoms with E-state index in [1.807, 2.05) is 13.8 Å². The average molecular weight is 293 g/mol. The van der Waals surface area contributed by atoms with E-state index in [1.54, 1.807) is 0 Å². The first-order chi connectivity index (χ1) is 9.17. The number of hydrogen-bond acceptors (Lipinski definition) is 7. The van der Waals surface area contributed by atoms with Crippen molar-refractivity contribution < 1.29 is 35.1 Å². The van der Waals surface area contributed by atoms with Crippen molar-refractivity contribution in [1.82, 2.24) is 5.32 Å². The normalized spacial score (nSPS) is 36.0. The van der Waals surface area contributed by atoms with Gasteiger partial charge in [0.2, 0.25) is 5.79 Å². The Morgan fingerprint density at radius 2 is 2.00 bits per heavy atom. The molecule has 1 heterocycles. The van der Waals surface area contributed by atoms with E-state index in [4.69, 9.17) is 9.84 Å². The molecule has 0 unspecified atom stereocenters.